The monoisotopic (exact) mass is 367 g/mol. The number of likely N-dealkylation sites (tertiary alicyclic amines) is 1. The van der Waals surface area contributed by atoms with E-state index in [4.69, 9.17) is 4.74 Å². The van der Waals surface area contributed by atoms with Crippen molar-refractivity contribution in [3.63, 3.8) is 0 Å². The highest BCUT2D eigenvalue weighted by Gasteiger charge is 2.32. The Morgan fingerprint density at radius 3 is 2.59 bits per heavy atom. The highest BCUT2D eigenvalue weighted by molar-refractivity contribution is 6.01. The second-order valence-electron chi connectivity index (χ2n) is 7.18. The van der Waals surface area contributed by atoms with E-state index in [9.17, 15) is 9.59 Å². The molecular formula is C21H25N3O3. The largest absolute Gasteiger partial charge is 0.378 e. The van der Waals surface area contributed by atoms with Gasteiger partial charge in [0.1, 0.15) is 0 Å². The fraction of sp³-hybridized carbons (Fsp3) is 0.429. The van der Waals surface area contributed by atoms with Crippen molar-refractivity contribution in [3.8, 4) is 0 Å². The minimum atomic E-state index is -0.133. The van der Waals surface area contributed by atoms with Crippen molar-refractivity contribution >= 4 is 28.4 Å². The molecule has 6 heteroatoms. The van der Waals surface area contributed by atoms with Crippen LogP contribution < -0.4 is 5.32 Å². The lowest BCUT2D eigenvalue weighted by Crippen LogP contribution is -2.50. The first-order valence-corrected chi connectivity index (χ1v) is 9.62. The van der Waals surface area contributed by atoms with Gasteiger partial charge in [-0.3, -0.25) is 4.79 Å². The van der Waals surface area contributed by atoms with E-state index in [-0.39, 0.29) is 17.9 Å². The fourth-order valence-electron chi connectivity index (χ4n) is 3.93. The number of carbonyl (C=O) groups is 2. The van der Waals surface area contributed by atoms with Crippen LogP contribution in [0.1, 0.15) is 12.8 Å². The third-order valence-electron chi connectivity index (χ3n) is 5.41. The minimum Gasteiger partial charge on any atom is -0.378 e. The zero-order chi connectivity index (χ0) is 18.6. The molecule has 1 atom stereocenters. The summed E-state index contributed by atoms with van der Waals surface area (Å²) in [6.07, 6.45) is 1.69. The quantitative estimate of drug-likeness (QED) is 0.888. The molecule has 0 radical (unpaired) electrons. The number of ether oxygens (including phenoxy) is 1. The van der Waals surface area contributed by atoms with Crippen LogP contribution in [0.25, 0.3) is 10.8 Å². The van der Waals surface area contributed by atoms with Gasteiger partial charge in [-0.2, -0.15) is 0 Å². The predicted molar refractivity (Wildman–Crippen MR) is 105 cm³/mol. The molecule has 142 valence electrons. The Labute approximate surface area is 159 Å². The number of morpholine rings is 1. The number of benzene rings is 2. The van der Waals surface area contributed by atoms with E-state index >= 15 is 0 Å². The zero-order valence-corrected chi connectivity index (χ0v) is 15.4. The molecule has 2 aliphatic rings. The molecule has 0 aromatic heterocycles. The van der Waals surface area contributed by atoms with E-state index in [1.165, 1.54) is 0 Å². The number of rotatable bonds is 2. The van der Waals surface area contributed by atoms with Gasteiger partial charge in [0.25, 0.3) is 0 Å². The number of urea groups is 1. The van der Waals surface area contributed by atoms with Crippen LogP contribution in [0.5, 0.6) is 0 Å². The SMILES string of the molecule is O=C(Nc1cccc2ccccc12)N1CCC[C@@H](C(=O)N2CCOCC2)C1. The number of fused-ring (bicyclic) bond motifs is 1. The minimum absolute atomic E-state index is 0.116. The molecule has 27 heavy (non-hydrogen) atoms. The highest BCUT2D eigenvalue weighted by atomic mass is 16.5. The maximum atomic E-state index is 12.8. The summed E-state index contributed by atoms with van der Waals surface area (Å²) in [5.41, 5.74) is 0.805. The molecular weight excluding hydrogens is 342 g/mol. The van der Waals surface area contributed by atoms with E-state index in [1.54, 1.807) is 4.90 Å². The van der Waals surface area contributed by atoms with Gasteiger partial charge in [-0.1, -0.05) is 36.4 Å². The summed E-state index contributed by atoms with van der Waals surface area (Å²) in [6, 6.07) is 13.7. The van der Waals surface area contributed by atoms with Crippen LogP contribution in [0.2, 0.25) is 0 Å². The molecule has 4 rings (SSSR count). The van der Waals surface area contributed by atoms with Gasteiger partial charge < -0.3 is 19.9 Å². The van der Waals surface area contributed by atoms with Gasteiger partial charge in [0.2, 0.25) is 5.91 Å². The Hall–Kier alpha value is -2.60. The van der Waals surface area contributed by atoms with Crippen LogP contribution in [-0.4, -0.2) is 61.1 Å². The number of carbonyl (C=O) groups excluding carboxylic acids is 2. The Bertz CT molecular complexity index is 827. The molecule has 0 spiro atoms. The third-order valence-corrected chi connectivity index (χ3v) is 5.41. The average molecular weight is 367 g/mol. The number of anilines is 1. The first kappa shape index (κ1) is 17.8. The standard InChI is InChI=1S/C21H25N3O3/c25-20(23-11-13-27-14-12-23)17-7-4-10-24(15-17)21(26)22-19-9-3-6-16-5-1-2-8-18(16)19/h1-3,5-6,8-9,17H,4,7,10-15H2,(H,22,26)/t17-/m1/s1. The molecule has 2 heterocycles. The molecule has 1 N–H and O–H groups in total. The molecule has 2 saturated heterocycles. The lowest BCUT2D eigenvalue weighted by atomic mass is 9.96. The second kappa shape index (κ2) is 7.96. The number of nitrogens with zero attached hydrogens (tertiary/aromatic N) is 2. The van der Waals surface area contributed by atoms with E-state index in [2.05, 4.69) is 5.32 Å². The topological polar surface area (TPSA) is 61.9 Å². The number of hydrogen-bond acceptors (Lipinski definition) is 3. The average Bonchev–Trinajstić information content (AvgIpc) is 2.74. The molecule has 6 nitrogen and oxygen atoms in total. The van der Waals surface area contributed by atoms with Crippen molar-refractivity contribution in [2.75, 3.05) is 44.7 Å². The van der Waals surface area contributed by atoms with E-state index < -0.39 is 0 Å². The van der Waals surface area contributed by atoms with Gasteiger partial charge >= 0.3 is 6.03 Å². The zero-order valence-electron chi connectivity index (χ0n) is 15.4. The van der Waals surface area contributed by atoms with Gasteiger partial charge in [-0.05, 0) is 24.3 Å². The Balaban J connectivity index is 1.43. The lowest BCUT2D eigenvalue weighted by Gasteiger charge is -2.36. The van der Waals surface area contributed by atoms with Crippen molar-refractivity contribution in [2.24, 2.45) is 5.92 Å². The maximum Gasteiger partial charge on any atom is 0.321 e. The molecule has 2 aromatic rings. The molecule has 3 amide bonds. The molecule has 2 aromatic carbocycles. The molecule has 0 saturated carbocycles. The van der Waals surface area contributed by atoms with Crippen molar-refractivity contribution in [1.29, 1.82) is 0 Å². The summed E-state index contributed by atoms with van der Waals surface area (Å²) in [6.45, 7) is 3.67. The van der Waals surface area contributed by atoms with Gasteiger partial charge in [0.05, 0.1) is 24.8 Å². The highest BCUT2D eigenvalue weighted by Crippen LogP contribution is 2.25. The first-order valence-electron chi connectivity index (χ1n) is 9.62. The smallest absolute Gasteiger partial charge is 0.321 e. The number of nitrogens with one attached hydrogen (secondary N) is 1. The normalized spacial score (nSPS) is 20.5. The Kier molecular flexibility index (Phi) is 5.25. The van der Waals surface area contributed by atoms with Crippen molar-refractivity contribution in [3.05, 3.63) is 42.5 Å². The van der Waals surface area contributed by atoms with Gasteiger partial charge in [-0.15, -0.1) is 0 Å². The fourth-order valence-corrected chi connectivity index (χ4v) is 3.93. The summed E-state index contributed by atoms with van der Waals surface area (Å²) in [5, 5.41) is 5.15. The predicted octanol–water partition coefficient (Wildman–Crippen LogP) is 2.94. The number of hydrogen-bond donors (Lipinski definition) is 1. The summed E-state index contributed by atoms with van der Waals surface area (Å²) in [4.78, 5) is 29.2. The summed E-state index contributed by atoms with van der Waals surface area (Å²) in [7, 11) is 0. The van der Waals surface area contributed by atoms with E-state index in [0.29, 0.717) is 39.4 Å². The van der Waals surface area contributed by atoms with Crippen molar-refractivity contribution < 1.29 is 14.3 Å². The molecule has 0 aliphatic carbocycles. The third kappa shape index (κ3) is 3.90. The lowest BCUT2D eigenvalue weighted by molar-refractivity contribution is -0.141. The van der Waals surface area contributed by atoms with Crippen LogP contribution in [0.4, 0.5) is 10.5 Å². The van der Waals surface area contributed by atoms with Crippen LogP contribution >= 0.6 is 0 Å². The summed E-state index contributed by atoms with van der Waals surface area (Å²) in [5.74, 6) is 0.0380. The van der Waals surface area contributed by atoms with Gasteiger partial charge in [0.15, 0.2) is 0 Å². The van der Waals surface area contributed by atoms with Crippen LogP contribution in [0, 0.1) is 5.92 Å². The van der Waals surface area contributed by atoms with E-state index in [0.717, 1.165) is 29.3 Å². The maximum absolute atomic E-state index is 12.8. The molecule has 0 unspecified atom stereocenters. The summed E-state index contributed by atoms with van der Waals surface area (Å²) >= 11 is 0. The first-order chi connectivity index (χ1) is 13.2. The van der Waals surface area contributed by atoms with Crippen LogP contribution in [0.15, 0.2) is 42.5 Å². The summed E-state index contributed by atoms with van der Waals surface area (Å²) < 4.78 is 5.33. The molecule has 2 fully saturated rings. The number of amides is 3. The molecule has 2 aliphatic heterocycles. The van der Waals surface area contributed by atoms with Crippen molar-refractivity contribution in [2.45, 2.75) is 12.8 Å². The van der Waals surface area contributed by atoms with Gasteiger partial charge in [-0.25, -0.2) is 4.79 Å². The van der Waals surface area contributed by atoms with Crippen LogP contribution in [0.3, 0.4) is 0 Å². The Morgan fingerprint density at radius 2 is 1.74 bits per heavy atom. The molecule has 0 bridgehead atoms. The van der Waals surface area contributed by atoms with E-state index in [1.807, 2.05) is 47.4 Å². The van der Waals surface area contributed by atoms with Crippen molar-refractivity contribution in [1.82, 2.24) is 9.80 Å². The van der Waals surface area contributed by atoms with Gasteiger partial charge in [0, 0.05) is 31.6 Å². The second-order valence-corrected chi connectivity index (χ2v) is 7.18. The Morgan fingerprint density at radius 1 is 0.963 bits per heavy atom. The van der Waals surface area contributed by atoms with Crippen LogP contribution in [-0.2, 0) is 9.53 Å². The number of piperidine rings is 1.